The predicted molar refractivity (Wildman–Crippen MR) is 89.1 cm³/mol. The summed E-state index contributed by atoms with van der Waals surface area (Å²) in [5, 5.41) is 3.59. The molecule has 2 heterocycles. The summed E-state index contributed by atoms with van der Waals surface area (Å²) in [7, 11) is 1.33. The third-order valence-corrected chi connectivity index (χ3v) is 3.96. The highest BCUT2D eigenvalue weighted by Gasteiger charge is 2.37. The van der Waals surface area contributed by atoms with Gasteiger partial charge in [-0.2, -0.15) is 18.2 Å². The van der Waals surface area contributed by atoms with E-state index in [4.69, 9.17) is 9.26 Å². The van der Waals surface area contributed by atoms with Crippen molar-refractivity contribution in [3.05, 3.63) is 29.7 Å². The molecule has 150 valence electrons. The van der Waals surface area contributed by atoms with Crippen LogP contribution >= 0.6 is 0 Å². The minimum Gasteiger partial charge on any atom is -0.491 e. The molecule has 0 spiro atoms. The Morgan fingerprint density at radius 3 is 2.57 bits per heavy atom. The van der Waals surface area contributed by atoms with Crippen LogP contribution in [0.5, 0.6) is 5.75 Å². The number of amides is 3. The number of alkyl halides is 3. The first kappa shape index (κ1) is 19.6. The van der Waals surface area contributed by atoms with Gasteiger partial charge in [0.1, 0.15) is 18.8 Å². The van der Waals surface area contributed by atoms with Crippen LogP contribution in [0.2, 0.25) is 0 Å². The highest BCUT2D eigenvalue weighted by molar-refractivity contribution is 6.01. The highest BCUT2D eigenvalue weighted by Crippen LogP contribution is 2.38. The van der Waals surface area contributed by atoms with Gasteiger partial charge in [-0.3, -0.25) is 9.69 Å². The fourth-order valence-electron chi connectivity index (χ4n) is 2.67. The Morgan fingerprint density at radius 1 is 1.29 bits per heavy atom. The molecule has 0 N–H and O–H groups in total. The molecule has 1 aromatic heterocycles. The lowest BCUT2D eigenvalue weighted by Crippen LogP contribution is -2.29. The summed E-state index contributed by atoms with van der Waals surface area (Å²) in [5.74, 6) is -0.685. The van der Waals surface area contributed by atoms with Crippen molar-refractivity contribution in [2.75, 3.05) is 13.6 Å². The Labute approximate surface area is 157 Å². The normalized spacial score (nSPS) is 15.1. The second kappa shape index (κ2) is 7.13. The third-order valence-electron chi connectivity index (χ3n) is 3.96. The molecule has 1 saturated heterocycles. The highest BCUT2D eigenvalue weighted by atomic mass is 19.4. The van der Waals surface area contributed by atoms with E-state index in [1.807, 2.05) is 0 Å². The van der Waals surface area contributed by atoms with Gasteiger partial charge in [-0.05, 0) is 32.0 Å². The van der Waals surface area contributed by atoms with Gasteiger partial charge in [0.25, 0.3) is 0 Å². The van der Waals surface area contributed by atoms with Crippen LogP contribution in [-0.2, 0) is 17.5 Å². The Bertz CT molecular complexity index is 910. The van der Waals surface area contributed by atoms with Gasteiger partial charge in [0, 0.05) is 12.6 Å². The number of nitrogens with zero attached hydrogens (tertiary/aromatic N) is 4. The number of ether oxygens (including phenoxy) is 1. The second-order valence-electron chi connectivity index (χ2n) is 6.47. The number of hydrogen-bond donors (Lipinski definition) is 0. The summed E-state index contributed by atoms with van der Waals surface area (Å²) in [4.78, 5) is 29.5. The molecule has 0 aliphatic carbocycles. The van der Waals surface area contributed by atoms with Crippen LogP contribution in [0.4, 0.5) is 18.0 Å². The first-order valence-electron chi connectivity index (χ1n) is 8.32. The summed E-state index contributed by atoms with van der Waals surface area (Å²) in [6.45, 7) is 3.06. The molecule has 1 aliphatic heterocycles. The van der Waals surface area contributed by atoms with Crippen LogP contribution in [0.1, 0.15) is 25.3 Å². The summed E-state index contributed by atoms with van der Waals surface area (Å²) in [6.07, 6.45) is -4.95. The maximum Gasteiger partial charge on any atom is 0.417 e. The van der Waals surface area contributed by atoms with E-state index in [0.29, 0.717) is 0 Å². The molecule has 3 amide bonds. The van der Waals surface area contributed by atoms with Gasteiger partial charge < -0.3 is 14.2 Å². The Balaban J connectivity index is 1.88. The van der Waals surface area contributed by atoms with Crippen molar-refractivity contribution >= 4 is 11.9 Å². The van der Waals surface area contributed by atoms with Crippen LogP contribution in [0, 0.1) is 0 Å². The van der Waals surface area contributed by atoms with Crippen molar-refractivity contribution in [1.82, 2.24) is 19.9 Å². The van der Waals surface area contributed by atoms with Crippen molar-refractivity contribution in [3.8, 4) is 17.1 Å². The molecule has 0 radical (unpaired) electrons. The molecule has 1 aromatic carbocycles. The summed E-state index contributed by atoms with van der Waals surface area (Å²) >= 11 is 0. The van der Waals surface area contributed by atoms with Gasteiger partial charge >= 0.3 is 12.2 Å². The van der Waals surface area contributed by atoms with Gasteiger partial charge in [0.15, 0.2) is 0 Å². The van der Waals surface area contributed by atoms with Crippen molar-refractivity contribution in [2.24, 2.45) is 0 Å². The van der Waals surface area contributed by atoms with E-state index in [1.165, 1.54) is 19.2 Å². The lowest BCUT2D eigenvalue weighted by molar-refractivity contribution is -0.137. The molecule has 1 aliphatic rings. The lowest BCUT2D eigenvalue weighted by Gasteiger charge is -2.15. The first-order valence-corrected chi connectivity index (χ1v) is 8.32. The quantitative estimate of drug-likeness (QED) is 0.720. The zero-order chi connectivity index (χ0) is 20.6. The van der Waals surface area contributed by atoms with Crippen molar-refractivity contribution in [3.63, 3.8) is 0 Å². The predicted octanol–water partition coefficient (Wildman–Crippen LogP) is 2.94. The minimum absolute atomic E-state index is 0.0685. The smallest absolute Gasteiger partial charge is 0.417 e. The number of urea groups is 1. The Kier molecular flexibility index (Phi) is 5.01. The molecule has 8 nitrogen and oxygen atoms in total. The maximum atomic E-state index is 13.5. The maximum absolute atomic E-state index is 13.5. The zero-order valence-electron chi connectivity index (χ0n) is 15.3. The summed E-state index contributed by atoms with van der Waals surface area (Å²) < 4.78 is 50.8. The van der Waals surface area contributed by atoms with E-state index in [2.05, 4.69) is 10.1 Å². The monoisotopic (exact) mass is 398 g/mol. The van der Waals surface area contributed by atoms with Gasteiger partial charge in [-0.1, -0.05) is 5.16 Å². The number of aromatic nitrogens is 2. The average molecular weight is 398 g/mol. The van der Waals surface area contributed by atoms with Gasteiger partial charge in [-0.25, -0.2) is 4.79 Å². The standard InChI is InChI=1S/C17H17F3N4O4/c1-9(2)27-10-4-5-11(12(6-10)17(18,19)20)15-21-13(28-22-15)7-24-8-14(25)23(3)16(24)26/h4-6,9H,7-8H2,1-3H3. The van der Waals surface area contributed by atoms with Crippen LogP contribution in [-0.4, -0.2) is 51.6 Å². The first-order chi connectivity index (χ1) is 13.1. The fourth-order valence-corrected chi connectivity index (χ4v) is 2.67. The molecular formula is C17H17F3N4O4. The Morgan fingerprint density at radius 2 is 2.00 bits per heavy atom. The second-order valence-corrected chi connectivity index (χ2v) is 6.47. The average Bonchev–Trinajstić information content (AvgIpc) is 3.15. The molecule has 1 fully saturated rings. The number of likely N-dealkylation sites (N-methyl/N-ethyl adjacent to an activating group) is 1. The van der Waals surface area contributed by atoms with Crippen molar-refractivity contribution in [2.45, 2.75) is 32.7 Å². The summed E-state index contributed by atoms with van der Waals surface area (Å²) in [5.41, 5.74) is -1.25. The van der Waals surface area contributed by atoms with Crippen LogP contribution in [0.3, 0.4) is 0 Å². The number of hydrogen-bond acceptors (Lipinski definition) is 6. The number of benzene rings is 1. The fraction of sp³-hybridized carbons (Fsp3) is 0.412. The largest absolute Gasteiger partial charge is 0.491 e. The van der Waals surface area contributed by atoms with Gasteiger partial charge in [0.2, 0.25) is 17.6 Å². The number of rotatable bonds is 5. The van der Waals surface area contributed by atoms with E-state index < -0.39 is 23.7 Å². The zero-order valence-corrected chi connectivity index (χ0v) is 15.3. The van der Waals surface area contributed by atoms with E-state index in [9.17, 15) is 22.8 Å². The van der Waals surface area contributed by atoms with Crippen molar-refractivity contribution in [1.29, 1.82) is 0 Å². The molecule has 3 rings (SSSR count). The molecule has 0 unspecified atom stereocenters. The molecule has 0 bridgehead atoms. The number of carbonyl (C=O) groups excluding carboxylic acids is 2. The molecule has 0 atom stereocenters. The summed E-state index contributed by atoms with van der Waals surface area (Å²) in [6, 6.07) is 2.92. The molecule has 2 aromatic rings. The van der Waals surface area contributed by atoms with E-state index in [-0.39, 0.29) is 42.2 Å². The van der Waals surface area contributed by atoms with E-state index in [0.717, 1.165) is 15.9 Å². The molecule has 0 saturated carbocycles. The van der Waals surface area contributed by atoms with Crippen LogP contribution in [0.25, 0.3) is 11.4 Å². The van der Waals surface area contributed by atoms with E-state index in [1.54, 1.807) is 13.8 Å². The molecule has 11 heteroatoms. The number of imide groups is 1. The topological polar surface area (TPSA) is 88.8 Å². The molecule has 28 heavy (non-hydrogen) atoms. The van der Waals surface area contributed by atoms with Gasteiger partial charge in [0.05, 0.1) is 11.7 Å². The van der Waals surface area contributed by atoms with Gasteiger partial charge in [-0.15, -0.1) is 0 Å². The minimum atomic E-state index is -4.66. The number of halogens is 3. The van der Waals surface area contributed by atoms with E-state index >= 15 is 0 Å². The van der Waals surface area contributed by atoms with Crippen LogP contribution in [0.15, 0.2) is 22.7 Å². The SMILES string of the molecule is CC(C)Oc1ccc(-c2noc(CN3CC(=O)N(C)C3=O)n2)c(C(F)(F)F)c1. The van der Waals surface area contributed by atoms with Crippen molar-refractivity contribution < 1.29 is 32.0 Å². The Hall–Kier alpha value is -3.11. The van der Waals surface area contributed by atoms with Crippen LogP contribution < -0.4 is 4.74 Å². The lowest BCUT2D eigenvalue weighted by atomic mass is 10.1. The third kappa shape index (κ3) is 3.92. The molecular weight excluding hydrogens is 381 g/mol. The number of carbonyl (C=O) groups is 2.